The summed E-state index contributed by atoms with van der Waals surface area (Å²) in [5.41, 5.74) is 5.85. The number of pyridine rings is 1. The van der Waals surface area contributed by atoms with Crippen LogP contribution in [0.1, 0.15) is 29.5 Å². The molecule has 1 aliphatic rings. The predicted molar refractivity (Wildman–Crippen MR) is 78.8 cm³/mol. The molecule has 20 heavy (non-hydrogen) atoms. The first-order chi connectivity index (χ1) is 9.83. The summed E-state index contributed by atoms with van der Waals surface area (Å²) in [6, 6.07) is 8.04. The van der Waals surface area contributed by atoms with E-state index in [1.807, 2.05) is 24.4 Å². The van der Waals surface area contributed by atoms with Gasteiger partial charge in [0.05, 0.1) is 13.7 Å². The molecule has 1 aromatic carbocycles. The number of methoxy groups -OCH3 is 1. The number of benzene rings is 1. The van der Waals surface area contributed by atoms with Gasteiger partial charge in [-0.15, -0.1) is 0 Å². The SMILES string of the molecule is COc1ncc(-c2cccc(CO)c2)c2c1CCCC2. The van der Waals surface area contributed by atoms with Gasteiger partial charge in [0.1, 0.15) is 0 Å². The van der Waals surface area contributed by atoms with Gasteiger partial charge < -0.3 is 9.84 Å². The molecule has 2 aromatic rings. The van der Waals surface area contributed by atoms with Crippen LogP contribution in [0.25, 0.3) is 11.1 Å². The molecule has 3 rings (SSSR count). The van der Waals surface area contributed by atoms with Gasteiger partial charge in [0.2, 0.25) is 5.88 Å². The topological polar surface area (TPSA) is 42.4 Å². The van der Waals surface area contributed by atoms with Crippen LogP contribution >= 0.6 is 0 Å². The molecule has 0 aliphatic heterocycles. The summed E-state index contributed by atoms with van der Waals surface area (Å²) in [6.07, 6.45) is 6.43. The third-order valence-corrected chi connectivity index (χ3v) is 3.98. The van der Waals surface area contributed by atoms with Crippen molar-refractivity contribution in [2.24, 2.45) is 0 Å². The van der Waals surface area contributed by atoms with Crippen LogP contribution in [0.4, 0.5) is 0 Å². The Morgan fingerprint density at radius 3 is 2.75 bits per heavy atom. The van der Waals surface area contributed by atoms with Crippen molar-refractivity contribution in [2.45, 2.75) is 32.3 Å². The number of fused-ring (bicyclic) bond motifs is 1. The van der Waals surface area contributed by atoms with Gasteiger partial charge in [-0.1, -0.05) is 18.2 Å². The van der Waals surface area contributed by atoms with Crippen molar-refractivity contribution in [3.8, 4) is 17.0 Å². The van der Waals surface area contributed by atoms with E-state index in [4.69, 9.17) is 4.74 Å². The summed E-state index contributed by atoms with van der Waals surface area (Å²) in [5, 5.41) is 9.29. The number of rotatable bonds is 3. The lowest BCUT2D eigenvalue weighted by Crippen LogP contribution is -2.08. The van der Waals surface area contributed by atoms with Crippen molar-refractivity contribution < 1.29 is 9.84 Å². The molecular weight excluding hydrogens is 250 g/mol. The average molecular weight is 269 g/mol. The van der Waals surface area contributed by atoms with E-state index in [9.17, 15) is 5.11 Å². The zero-order chi connectivity index (χ0) is 13.9. The number of hydrogen-bond donors (Lipinski definition) is 1. The number of ether oxygens (including phenoxy) is 1. The Kier molecular flexibility index (Phi) is 3.70. The van der Waals surface area contributed by atoms with Crippen molar-refractivity contribution >= 4 is 0 Å². The summed E-state index contributed by atoms with van der Waals surface area (Å²) in [5.74, 6) is 0.766. The maximum absolute atomic E-state index is 9.29. The molecule has 0 saturated heterocycles. The molecule has 1 aromatic heterocycles. The highest BCUT2D eigenvalue weighted by atomic mass is 16.5. The maximum atomic E-state index is 9.29. The molecular formula is C17H19NO2. The molecule has 104 valence electrons. The molecule has 1 heterocycles. The van der Waals surface area contributed by atoms with E-state index >= 15 is 0 Å². The first kappa shape index (κ1) is 13.1. The monoisotopic (exact) mass is 269 g/mol. The van der Waals surface area contributed by atoms with Crippen LogP contribution in [0.5, 0.6) is 5.88 Å². The molecule has 0 atom stereocenters. The van der Waals surface area contributed by atoms with Crippen LogP contribution in [-0.2, 0) is 19.4 Å². The highest BCUT2D eigenvalue weighted by molar-refractivity contribution is 5.70. The molecule has 1 N–H and O–H groups in total. The first-order valence-corrected chi connectivity index (χ1v) is 7.08. The van der Waals surface area contributed by atoms with E-state index in [2.05, 4.69) is 11.1 Å². The quantitative estimate of drug-likeness (QED) is 0.931. The lowest BCUT2D eigenvalue weighted by atomic mass is 9.87. The van der Waals surface area contributed by atoms with Crippen LogP contribution < -0.4 is 4.74 Å². The maximum Gasteiger partial charge on any atom is 0.216 e. The Morgan fingerprint density at radius 2 is 2.00 bits per heavy atom. The van der Waals surface area contributed by atoms with Crippen LogP contribution in [0.15, 0.2) is 30.5 Å². The number of aliphatic hydroxyl groups excluding tert-OH is 1. The number of aliphatic hydroxyl groups is 1. The van der Waals surface area contributed by atoms with Gasteiger partial charge in [0, 0.05) is 17.3 Å². The largest absolute Gasteiger partial charge is 0.481 e. The van der Waals surface area contributed by atoms with Crippen molar-refractivity contribution in [3.05, 3.63) is 47.2 Å². The molecule has 0 bridgehead atoms. The van der Waals surface area contributed by atoms with Crippen molar-refractivity contribution in [2.75, 3.05) is 7.11 Å². The molecule has 0 fully saturated rings. The lowest BCUT2D eigenvalue weighted by Gasteiger charge is -2.21. The molecule has 0 amide bonds. The summed E-state index contributed by atoms with van der Waals surface area (Å²) in [4.78, 5) is 4.46. The van der Waals surface area contributed by atoms with E-state index in [-0.39, 0.29) is 6.61 Å². The Balaban J connectivity index is 2.13. The fourth-order valence-corrected chi connectivity index (χ4v) is 2.98. The second kappa shape index (κ2) is 5.63. The van der Waals surface area contributed by atoms with Gasteiger partial charge in [-0.2, -0.15) is 0 Å². The van der Waals surface area contributed by atoms with Crippen LogP contribution in [-0.4, -0.2) is 17.2 Å². The van der Waals surface area contributed by atoms with Crippen LogP contribution in [0, 0.1) is 0 Å². The number of hydrogen-bond acceptors (Lipinski definition) is 3. The van der Waals surface area contributed by atoms with Gasteiger partial charge in [-0.05, 0) is 48.4 Å². The molecule has 3 heteroatoms. The van der Waals surface area contributed by atoms with Crippen molar-refractivity contribution in [1.82, 2.24) is 4.98 Å². The minimum Gasteiger partial charge on any atom is -0.481 e. The third-order valence-electron chi connectivity index (χ3n) is 3.98. The standard InChI is InChI=1S/C17H19NO2/c1-20-17-15-8-3-2-7-14(15)16(10-18-17)13-6-4-5-12(9-13)11-19/h4-6,9-10,19H,2-3,7-8,11H2,1H3. The van der Waals surface area contributed by atoms with Gasteiger partial charge in [-0.3, -0.25) is 0 Å². The van der Waals surface area contributed by atoms with E-state index < -0.39 is 0 Å². The smallest absolute Gasteiger partial charge is 0.216 e. The van der Waals surface area contributed by atoms with Crippen LogP contribution in [0.3, 0.4) is 0 Å². The molecule has 1 aliphatic carbocycles. The number of nitrogens with zero attached hydrogens (tertiary/aromatic N) is 1. The lowest BCUT2D eigenvalue weighted by molar-refractivity contribution is 0.282. The fraction of sp³-hybridized carbons (Fsp3) is 0.353. The van der Waals surface area contributed by atoms with Gasteiger partial charge in [0.25, 0.3) is 0 Å². The van der Waals surface area contributed by atoms with E-state index in [1.54, 1.807) is 7.11 Å². The summed E-state index contributed by atoms with van der Waals surface area (Å²) in [6.45, 7) is 0.0691. The van der Waals surface area contributed by atoms with Crippen LogP contribution in [0.2, 0.25) is 0 Å². The van der Waals surface area contributed by atoms with Gasteiger partial charge in [-0.25, -0.2) is 4.98 Å². The Morgan fingerprint density at radius 1 is 1.20 bits per heavy atom. The summed E-state index contributed by atoms with van der Waals surface area (Å²) < 4.78 is 5.40. The van der Waals surface area contributed by atoms with E-state index in [0.717, 1.165) is 29.8 Å². The van der Waals surface area contributed by atoms with Crippen molar-refractivity contribution in [1.29, 1.82) is 0 Å². The molecule has 0 radical (unpaired) electrons. The number of aromatic nitrogens is 1. The van der Waals surface area contributed by atoms with E-state index in [1.165, 1.54) is 29.5 Å². The molecule has 0 saturated carbocycles. The summed E-state index contributed by atoms with van der Waals surface area (Å²) >= 11 is 0. The normalized spacial score (nSPS) is 13.9. The van der Waals surface area contributed by atoms with Gasteiger partial charge >= 0.3 is 0 Å². The predicted octanol–water partition coefficient (Wildman–Crippen LogP) is 3.13. The molecule has 3 nitrogen and oxygen atoms in total. The second-order valence-corrected chi connectivity index (χ2v) is 5.20. The minimum atomic E-state index is 0.0691. The van der Waals surface area contributed by atoms with Crippen molar-refractivity contribution in [3.63, 3.8) is 0 Å². The van der Waals surface area contributed by atoms with E-state index in [0.29, 0.717) is 0 Å². The minimum absolute atomic E-state index is 0.0691. The fourth-order valence-electron chi connectivity index (χ4n) is 2.98. The summed E-state index contributed by atoms with van der Waals surface area (Å²) in [7, 11) is 1.68. The average Bonchev–Trinajstić information content (AvgIpc) is 2.54. The molecule has 0 spiro atoms. The third kappa shape index (κ3) is 2.29. The Hall–Kier alpha value is -1.87. The second-order valence-electron chi connectivity index (χ2n) is 5.20. The van der Waals surface area contributed by atoms with Gasteiger partial charge in [0.15, 0.2) is 0 Å². The highest BCUT2D eigenvalue weighted by Gasteiger charge is 2.19. The Labute approximate surface area is 119 Å². The molecule has 0 unspecified atom stereocenters. The zero-order valence-electron chi connectivity index (χ0n) is 11.7. The first-order valence-electron chi connectivity index (χ1n) is 7.08. The highest BCUT2D eigenvalue weighted by Crippen LogP contribution is 2.35. The zero-order valence-corrected chi connectivity index (χ0v) is 11.7. The Bertz CT molecular complexity index is 622.